The van der Waals surface area contributed by atoms with E-state index in [9.17, 15) is 14.7 Å². The summed E-state index contributed by atoms with van der Waals surface area (Å²) in [6.45, 7) is 5.67. The van der Waals surface area contributed by atoms with E-state index < -0.39 is 12.1 Å². The summed E-state index contributed by atoms with van der Waals surface area (Å²) in [5.74, 6) is -0.357. The number of benzene rings is 1. The van der Waals surface area contributed by atoms with Gasteiger partial charge in [0, 0.05) is 23.6 Å². The highest BCUT2D eigenvalue weighted by Crippen LogP contribution is 2.47. The number of fused-ring (bicyclic) bond motifs is 5. The van der Waals surface area contributed by atoms with Crippen LogP contribution in [0.3, 0.4) is 0 Å². The molecule has 1 aromatic heterocycles. The fourth-order valence-corrected chi connectivity index (χ4v) is 4.34. The SMILES string of the molecule is CC(=O)OCc1coc2c1C(=O)C(O)c1c-2ccc2c1CCCC2(C)C. The molecule has 26 heavy (non-hydrogen) atoms. The second-order valence-electron chi connectivity index (χ2n) is 7.80. The Morgan fingerprint density at radius 1 is 1.38 bits per heavy atom. The maximum Gasteiger partial charge on any atom is 0.302 e. The van der Waals surface area contributed by atoms with Gasteiger partial charge in [-0.3, -0.25) is 9.59 Å². The van der Waals surface area contributed by atoms with Gasteiger partial charge in [0.25, 0.3) is 0 Å². The second kappa shape index (κ2) is 5.81. The zero-order chi connectivity index (χ0) is 18.6. The highest BCUT2D eigenvalue weighted by molar-refractivity contribution is 6.09. The minimum atomic E-state index is -1.21. The lowest BCUT2D eigenvalue weighted by Gasteiger charge is -2.36. The molecule has 136 valence electrons. The van der Waals surface area contributed by atoms with E-state index in [1.807, 2.05) is 6.07 Å². The van der Waals surface area contributed by atoms with Crippen molar-refractivity contribution in [2.45, 2.75) is 58.2 Å². The van der Waals surface area contributed by atoms with Gasteiger partial charge in [-0.1, -0.05) is 26.0 Å². The van der Waals surface area contributed by atoms with Gasteiger partial charge >= 0.3 is 5.97 Å². The van der Waals surface area contributed by atoms with Crippen molar-refractivity contribution in [1.29, 1.82) is 0 Å². The topological polar surface area (TPSA) is 76.7 Å². The third kappa shape index (κ3) is 2.42. The first-order chi connectivity index (χ1) is 12.3. The van der Waals surface area contributed by atoms with Crippen LogP contribution in [0.4, 0.5) is 0 Å². The molecule has 1 heterocycles. The van der Waals surface area contributed by atoms with Gasteiger partial charge in [-0.2, -0.15) is 0 Å². The van der Waals surface area contributed by atoms with E-state index >= 15 is 0 Å². The van der Waals surface area contributed by atoms with E-state index in [4.69, 9.17) is 9.15 Å². The van der Waals surface area contributed by atoms with Crippen LogP contribution in [0.2, 0.25) is 0 Å². The van der Waals surface area contributed by atoms with Gasteiger partial charge < -0.3 is 14.3 Å². The molecule has 0 aliphatic heterocycles. The Kier molecular flexibility index (Phi) is 3.81. The van der Waals surface area contributed by atoms with Crippen molar-refractivity contribution in [2.75, 3.05) is 0 Å². The first-order valence-corrected chi connectivity index (χ1v) is 8.94. The fourth-order valence-electron chi connectivity index (χ4n) is 4.34. The lowest BCUT2D eigenvalue weighted by Crippen LogP contribution is -2.28. The van der Waals surface area contributed by atoms with Gasteiger partial charge in [0.2, 0.25) is 0 Å². The predicted octanol–water partition coefficient (Wildman–Crippen LogP) is 3.85. The largest absolute Gasteiger partial charge is 0.463 e. The van der Waals surface area contributed by atoms with Crippen LogP contribution in [0.25, 0.3) is 11.3 Å². The molecule has 1 N–H and O–H groups in total. The molecular weight excluding hydrogens is 332 g/mol. The van der Waals surface area contributed by atoms with Crippen LogP contribution in [0.1, 0.15) is 72.3 Å². The van der Waals surface area contributed by atoms with Crippen molar-refractivity contribution < 1.29 is 23.8 Å². The monoisotopic (exact) mass is 354 g/mol. The normalized spacial score (nSPS) is 20.2. The fraction of sp³-hybridized carbons (Fsp3) is 0.429. The number of ketones is 1. The van der Waals surface area contributed by atoms with E-state index in [-0.39, 0.29) is 17.8 Å². The molecule has 0 fully saturated rings. The molecule has 1 atom stereocenters. The highest BCUT2D eigenvalue weighted by atomic mass is 16.5. The molecule has 1 unspecified atom stereocenters. The molecule has 4 rings (SSSR count). The number of carbonyl (C=O) groups excluding carboxylic acids is 2. The number of rotatable bonds is 2. The smallest absolute Gasteiger partial charge is 0.302 e. The van der Waals surface area contributed by atoms with E-state index in [2.05, 4.69) is 19.9 Å². The first-order valence-electron chi connectivity index (χ1n) is 8.94. The first kappa shape index (κ1) is 17.0. The summed E-state index contributed by atoms with van der Waals surface area (Å²) in [6, 6.07) is 4.03. The summed E-state index contributed by atoms with van der Waals surface area (Å²) >= 11 is 0. The Morgan fingerprint density at radius 2 is 2.15 bits per heavy atom. The number of ether oxygens (including phenoxy) is 1. The number of hydrogen-bond donors (Lipinski definition) is 1. The van der Waals surface area contributed by atoms with Gasteiger partial charge in [0.1, 0.15) is 18.5 Å². The van der Waals surface area contributed by atoms with Crippen LogP contribution in [0, 0.1) is 0 Å². The minimum absolute atomic E-state index is 0.0231. The summed E-state index contributed by atoms with van der Waals surface area (Å²) in [5.41, 5.74) is 4.55. The molecule has 2 aliphatic rings. The van der Waals surface area contributed by atoms with Crippen molar-refractivity contribution in [1.82, 2.24) is 0 Å². The Morgan fingerprint density at radius 3 is 2.88 bits per heavy atom. The van der Waals surface area contributed by atoms with Gasteiger partial charge in [-0.15, -0.1) is 0 Å². The number of aliphatic hydroxyl groups excluding tert-OH is 1. The van der Waals surface area contributed by atoms with Crippen molar-refractivity contribution in [2.24, 2.45) is 0 Å². The molecule has 0 radical (unpaired) electrons. The maximum absolute atomic E-state index is 12.9. The van der Waals surface area contributed by atoms with E-state index in [1.54, 1.807) is 0 Å². The number of furan rings is 1. The number of hydrogen-bond acceptors (Lipinski definition) is 5. The Hall–Kier alpha value is -2.40. The van der Waals surface area contributed by atoms with Crippen molar-refractivity contribution in [3.05, 3.63) is 46.2 Å². The maximum atomic E-state index is 12.9. The Balaban J connectivity index is 1.88. The molecule has 2 aliphatic carbocycles. The van der Waals surface area contributed by atoms with Gasteiger partial charge in [0.15, 0.2) is 5.78 Å². The molecule has 5 nitrogen and oxygen atoms in total. The molecule has 0 spiro atoms. The van der Waals surface area contributed by atoms with Crippen LogP contribution in [-0.2, 0) is 28.0 Å². The summed E-state index contributed by atoms with van der Waals surface area (Å²) in [6.07, 6.45) is 3.19. The zero-order valence-corrected chi connectivity index (χ0v) is 15.2. The van der Waals surface area contributed by atoms with E-state index in [0.29, 0.717) is 22.5 Å². The number of Topliss-reactive ketones (excluding diaryl/α,β-unsaturated/α-hetero) is 1. The molecule has 0 saturated heterocycles. The van der Waals surface area contributed by atoms with Crippen LogP contribution >= 0.6 is 0 Å². The molecule has 5 heteroatoms. The second-order valence-corrected chi connectivity index (χ2v) is 7.80. The highest BCUT2D eigenvalue weighted by Gasteiger charge is 2.40. The molecule has 0 amide bonds. The van der Waals surface area contributed by atoms with Gasteiger partial charge in [0.05, 0.1) is 11.8 Å². The van der Waals surface area contributed by atoms with Crippen LogP contribution < -0.4 is 0 Å². The van der Waals surface area contributed by atoms with Crippen LogP contribution in [0.15, 0.2) is 22.8 Å². The third-order valence-electron chi connectivity index (χ3n) is 5.63. The molecule has 0 saturated carbocycles. The number of aliphatic hydroxyl groups is 1. The lowest BCUT2D eigenvalue weighted by molar-refractivity contribution is -0.142. The van der Waals surface area contributed by atoms with Gasteiger partial charge in [-0.25, -0.2) is 0 Å². The van der Waals surface area contributed by atoms with Crippen molar-refractivity contribution in [3.63, 3.8) is 0 Å². The van der Waals surface area contributed by atoms with Crippen LogP contribution in [0.5, 0.6) is 0 Å². The number of carbonyl (C=O) groups is 2. The molecule has 0 bridgehead atoms. The lowest BCUT2D eigenvalue weighted by atomic mass is 9.69. The van der Waals surface area contributed by atoms with E-state index in [0.717, 1.165) is 30.4 Å². The quantitative estimate of drug-likeness (QED) is 0.829. The average molecular weight is 354 g/mol. The van der Waals surface area contributed by atoms with Crippen molar-refractivity contribution in [3.8, 4) is 11.3 Å². The van der Waals surface area contributed by atoms with Crippen LogP contribution in [-0.4, -0.2) is 16.9 Å². The summed E-state index contributed by atoms with van der Waals surface area (Å²) in [5, 5.41) is 10.8. The third-order valence-corrected chi connectivity index (χ3v) is 5.63. The predicted molar refractivity (Wildman–Crippen MR) is 94.9 cm³/mol. The van der Waals surface area contributed by atoms with E-state index in [1.165, 1.54) is 18.8 Å². The molecule has 2 aromatic rings. The zero-order valence-electron chi connectivity index (χ0n) is 15.2. The summed E-state index contributed by atoms with van der Waals surface area (Å²) < 4.78 is 10.7. The van der Waals surface area contributed by atoms with Gasteiger partial charge in [-0.05, 0) is 35.8 Å². The Bertz CT molecular complexity index is 919. The minimum Gasteiger partial charge on any atom is -0.463 e. The summed E-state index contributed by atoms with van der Waals surface area (Å²) in [7, 11) is 0. The van der Waals surface area contributed by atoms with Crippen molar-refractivity contribution >= 4 is 11.8 Å². The average Bonchev–Trinajstić information content (AvgIpc) is 3.01. The number of esters is 1. The molecule has 1 aromatic carbocycles. The standard InChI is InChI=1S/C21H22O5/c1-11(22)25-9-12-10-26-20-14-6-7-15-13(5-4-8-21(15,2)3)17(14)19(24)18(23)16(12)20/h6-7,10,19,24H,4-5,8-9H2,1-3H3. The Labute approximate surface area is 152 Å². The molecular formula is C21H22O5. The summed E-state index contributed by atoms with van der Waals surface area (Å²) in [4.78, 5) is 24.0.